The van der Waals surface area contributed by atoms with Crippen molar-refractivity contribution in [2.24, 2.45) is 0 Å². The van der Waals surface area contributed by atoms with Crippen LogP contribution in [0.25, 0.3) is 11.0 Å². The Bertz CT molecular complexity index is 973. The number of rotatable bonds is 4. The molecule has 0 saturated carbocycles. The number of halogens is 1. The zero-order valence-corrected chi connectivity index (χ0v) is 16.4. The van der Waals surface area contributed by atoms with E-state index < -0.39 is 0 Å². The Morgan fingerprint density at radius 3 is 2.57 bits per heavy atom. The maximum absolute atomic E-state index is 13.2. The lowest BCUT2D eigenvalue weighted by Gasteiger charge is -2.37. The molecule has 4 rings (SSSR count). The summed E-state index contributed by atoms with van der Waals surface area (Å²) in [5, 5.41) is 3.49. The third-order valence-corrected chi connectivity index (χ3v) is 5.35. The Kier molecular flexibility index (Phi) is 5.52. The van der Waals surface area contributed by atoms with Crippen LogP contribution < -0.4 is 5.32 Å². The van der Waals surface area contributed by atoms with E-state index in [-0.39, 0.29) is 11.9 Å². The molecule has 1 aliphatic heterocycles. The smallest absolute Gasteiger partial charge is 0.247 e. The predicted octanol–water partition coefficient (Wildman–Crippen LogP) is 3.21. The normalized spacial score (nSPS) is 16.8. The van der Waals surface area contributed by atoms with E-state index in [0.29, 0.717) is 21.9 Å². The lowest BCUT2D eigenvalue weighted by Crippen LogP contribution is -2.48. The first-order valence-electron chi connectivity index (χ1n) is 9.31. The topological polar surface area (TPSA) is 61.4 Å². The maximum Gasteiger partial charge on any atom is 0.247 e. The zero-order chi connectivity index (χ0) is 19.5. The van der Waals surface area contributed by atoms with Crippen LogP contribution in [0.1, 0.15) is 11.6 Å². The van der Waals surface area contributed by atoms with Crippen molar-refractivity contribution >= 4 is 34.4 Å². The van der Waals surface area contributed by atoms with E-state index in [1.54, 1.807) is 12.3 Å². The van der Waals surface area contributed by atoms with Crippen LogP contribution in [-0.4, -0.2) is 58.9 Å². The number of fused-ring (bicyclic) bond motifs is 1. The number of hydrogen-bond acceptors (Lipinski definition) is 5. The lowest BCUT2D eigenvalue weighted by molar-refractivity contribution is -0.122. The molecule has 1 atom stereocenters. The van der Waals surface area contributed by atoms with Crippen molar-refractivity contribution in [1.29, 1.82) is 0 Å². The molecule has 0 bridgehead atoms. The van der Waals surface area contributed by atoms with Crippen molar-refractivity contribution in [2.75, 3.05) is 38.5 Å². The Balaban J connectivity index is 1.60. The first-order valence-corrected chi connectivity index (χ1v) is 9.69. The van der Waals surface area contributed by atoms with Gasteiger partial charge in [0, 0.05) is 26.2 Å². The van der Waals surface area contributed by atoms with Gasteiger partial charge in [0.2, 0.25) is 5.91 Å². The van der Waals surface area contributed by atoms with Gasteiger partial charge in [0.25, 0.3) is 0 Å². The average molecular weight is 396 g/mol. The fourth-order valence-corrected chi connectivity index (χ4v) is 3.72. The monoisotopic (exact) mass is 395 g/mol. The highest BCUT2D eigenvalue weighted by atomic mass is 35.5. The minimum atomic E-state index is -0.369. The number of piperazine rings is 1. The van der Waals surface area contributed by atoms with Crippen LogP contribution in [0.4, 0.5) is 5.82 Å². The van der Waals surface area contributed by atoms with Crippen molar-refractivity contribution < 1.29 is 4.79 Å². The third kappa shape index (κ3) is 3.99. The summed E-state index contributed by atoms with van der Waals surface area (Å²) in [5.41, 5.74) is 2.25. The van der Waals surface area contributed by atoms with E-state index in [1.165, 1.54) is 0 Å². The van der Waals surface area contributed by atoms with E-state index in [0.717, 1.165) is 31.7 Å². The van der Waals surface area contributed by atoms with Crippen LogP contribution in [0.2, 0.25) is 5.02 Å². The number of para-hydroxylation sites is 1. The summed E-state index contributed by atoms with van der Waals surface area (Å²) in [7, 11) is 2.10. The highest BCUT2D eigenvalue weighted by molar-refractivity contribution is 6.34. The third-order valence-electron chi connectivity index (χ3n) is 5.04. The van der Waals surface area contributed by atoms with Gasteiger partial charge >= 0.3 is 0 Å². The molecule has 28 heavy (non-hydrogen) atoms. The number of benzene rings is 2. The number of hydrogen-bond donors (Lipinski definition) is 1. The summed E-state index contributed by atoms with van der Waals surface area (Å²) in [6.45, 7) is 3.54. The van der Waals surface area contributed by atoms with Crippen LogP contribution in [0.5, 0.6) is 0 Å². The molecule has 1 saturated heterocycles. The van der Waals surface area contributed by atoms with Gasteiger partial charge in [-0.1, -0.05) is 48.0 Å². The van der Waals surface area contributed by atoms with E-state index in [2.05, 4.69) is 32.1 Å². The van der Waals surface area contributed by atoms with Gasteiger partial charge in [-0.3, -0.25) is 9.69 Å². The summed E-state index contributed by atoms with van der Waals surface area (Å²) >= 11 is 6.16. The molecule has 1 fully saturated rings. The lowest BCUT2D eigenvalue weighted by atomic mass is 10.0. The number of aromatic nitrogens is 2. The van der Waals surface area contributed by atoms with Crippen LogP contribution >= 0.6 is 11.6 Å². The summed E-state index contributed by atoms with van der Waals surface area (Å²) < 4.78 is 0. The second-order valence-electron chi connectivity index (χ2n) is 7.00. The summed E-state index contributed by atoms with van der Waals surface area (Å²) in [5.74, 6) is 0.321. The minimum Gasteiger partial charge on any atom is -0.308 e. The number of amides is 1. The number of likely N-dealkylation sites (N-methyl/N-ethyl adjacent to an activating group) is 1. The van der Waals surface area contributed by atoms with Gasteiger partial charge in [-0.25, -0.2) is 9.97 Å². The largest absolute Gasteiger partial charge is 0.308 e. The summed E-state index contributed by atoms with van der Waals surface area (Å²) in [6.07, 6.45) is 1.55. The molecule has 0 radical (unpaired) electrons. The quantitative estimate of drug-likeness (QED) is 0.735. The van der Waals surface area contributed by atoms with E-state index in [1.807, 2.05) is 42.5 Å². The molecule has 1 aliphatic rings. The first-order chi connectivity index (χ1) is 13.6. The van der Waals surface area contributed by atoms with Crippen molar-refractivity contribution in [3.63, 3.8) is 0 Å². The Labute approximate surface area is 169 Å². The molecular formula is C21H22ClN5O. The highest BCUT2D eigenvalue weighted by Crippen LogP contribution is 2.25. The van der Waals surface area contributed by atoms with Crippen molar-refractivity contribution in [3.05, 3.63) is 65.3 Å². The molecule has 0 aliphatic carbocycles. The van der Waals surface area contributed by atoms with Crippen molar-refractivity contribution in [3.8, 4) is 0 Å². The molecular weight excluding hydrogens is 374 g/mol. The molecule has 1 amide bonds. The molecule has 6 nitrogen and oxygen atoms in total. The van der Waals surface area contributed by atoms with Gasteiger partial charge < -0.3 is 10.2 Å². The van der Waals surface area contributed by atoms with Crippen LogP contribution in [-0.2, 0) is 4.79 Å². The SMILES string of the molecule is CN1CCN(C(C(=O)Nc2cnc3c(Cl)cccc3n2)c2ccccc2)CC1. The minimum absolute atomic E-state index is 0.105. The number of nitrogens with one attached hydrogen (secondary N) is 1. The summed E-state index contributed by atoms with van der Waals surface area (Å²) in [4.78, 5) is 26.6. The highest BCUT2D eigenvalue weighted by Gasteiger charge is 2.30. The second kappa shape index (κ2) is 8.22. The number of carbonyl (C=O) groups is 1. The summed E-state index contributed by atoms with van der Waals surface area (Å²) in [6, 6.07) is 14.9. The Morgan fingerprint density at radius 2 is 1.82 bits per heavy atom. The van der Waals surface area contributed by atoms with Crippen molar-refractivity contribution in [2.45, 2.75) is 6.04 Å². The number of nitrogens with zero attached hydrogens (tertiary/aromatic N) is 4. The molecule has 144 valence electrons. The van der Waals surface area contributed by atoms with E-state index >= 15 is 0 Å². The fraction of sp³-hybridized carbons (Fsp3) is 0.286. The maximum atomic E-state index is 13.2. The van der Waals surface area contributed by atoms with Gasteiger partial charge in [0.15, 0.2) is 5.82 Å². The van der Waals surface area contributed by atoms with E-state index in [9.17, 15) is 4.79 Å². The molecule has 1 unspecified atom stereocenters. The van der Waals surface area contributed by atoms with Crippen LogP contribution in [0.3, 0.4) is 0 Å². The van der Waals surface area contributed by atoms with Crippen LogP contribution in [0, 0.1) is 0 Å². The van der Waals surface area contributed by atoms with Gasteiger partial charge in [-0.2, -0.15) is 0 Å². The standard InChI is InChI=1S/C21H22ClN5O/c1-26-10-12-27(13-11-26)20(15-6-3-2-4-7-15)21(28)25-18-14-23-19-16(22)8-5-9-17(19)24-18/h2-9,14,20H,10-13H2,1H3,(H,24,25,28). The Morgan fingerprint density at radius 1 is 1.07 bits per heavy atom. The van der Waals surface area contributed by atoms with Gasteiger partial charge in [0.05, 0.1) is 16.7 Å². The van der Waals surface area contributed by atoms with Gasteiger partial charge in [-0.15, -0.1) is 0 Å². The molecule has 2 heterocycles. The van der Waals surface area contributed by atoms with Crippen LogP contribution in [0.15, 0.2) is 54.7 Å². The fourth-order valence-electron chi connectivity index (χ4n) is 3.50. The Hall–Kier alpha value is -2.54. The van der Waals surface area contributed by atoms with Crippen molar-refractivity contribution in [1.82, 2.24) is 19.8 Å². The molecule has 2 aromatic carbocycles. The van der Waals surface area contributed by atoms with Gasteiger partial charge in [0.1, 0.15) is 11.6 Å². The molecule has 3 aromatic rings. The predicted molar refractivity (Wildman–Crippen MR) is 111 cm³/mol. The second-order valence-corrected chi connectivity index (χ2v) is 7.41. The first kappa shape index (κ1) is 18.8. The zero-order valence-electron chi connectivity index (χ0n) is 15.7. The number of carbonyl (C=O) groups excluding carboxylic acids is 1. The number of anilines is 1. The molecule has 1 N–H and O–H groups in total. The molecule has 1 aromatic heterocycles. The van der Waals surface area contributed by atoms with Gasteiger partial charge in [-0.05, 0) is 24.7 Å². The average Bonchev–Trinajstić information content (AvgIpc) is 2.71. The molecule has 0 spiro atoms. The molecule has 7 heteroatoms. The van der Waals surface area contributed by atoms with E-state index in [4.69, 9.17) is 11.6 Å².